The van der Waals surface area contributed by atoms with E-state index in [9.17, 15) is 35.7 Å². The third-order valence-electron chi connectivity index (χ3n) is 3.18. The molecular weight excluding hydrogens is 372 g/mol. The second-order valence-electron chi connectivity index (χ2n) is 5.11. The van der Waals surface area contributed by atoms with Crippen LogP contribution < -0.4 is 4.72 Å². The molecular formula is C15H11F6NO2S. The molecule has 2 rings (SSSR count). The first-order chi connectivity index (χ1) is 11.4. The van der Waals surface area contributed by atoms with Crippen molar-refractivity contribution in [1.82, 2.24) is 0 Å². The molecule has 25 heavy (non-hydrogen) atoms. The number of alkyl halides is 6. The number of benzene rings is 2. The molecule has 1 unspecified atom stereocenters. The van der Waals surface area contributed by atoms with Crippen molar-refractivity contribution < 1.29 is 35.7 Å². The summed E-state index contributed by atoms with van der Waals surface area (Å²) in [4.78, 5) is 0.0845. The molecule has 2 aromatic carbocycles. The predicted molar refractivity (Wildman–Crippen MR) is 79.3 cm³/mol. The second-order valence-corrected chi connectivity index (χ2v) is 6.33. The fourth-order valence-electron chi connectivity index (χ4n) is 1.92. The van der Waals surface area contributed by atoms with E-state index in [1.54, 1.807) is 0 Å². The Kier molecular flexibility index (Phi) is 5.03. The van der Waals surface area contributed by atoms with Gasteiger partial charge in [0.15, 0.2) is 0 Å². The van der Waals surface area contributed by atoms with Gasteiger partial charge in [-0.1, -0.05) is 0 Å². The summed E-state index contributed by atoms with van der Waals surface area (Å²) < 4.78 is 91.0. The van der Waals surface area contributed by atoms with E-state index < -0.39 is 40.2 Å². The molecule has 0 fully saturated rings. The largest absolute Gasteiger partial charge is 0.508 e. The molecule has 0 aromatic heterocycles. The van der Waals surface area contributed by atoms with Gasteiger partial charge in [-0.3, -0.25) is 0 Å². The molecule has 0 heterocycles. The minimum absolute atomic E-state index is 0.0151. The number of hydrogen-bond acceptors (Lipinski definition) is 2. The van der Waals surface area contributed by atoms with E-state index in [-0.39, 0.29) is 16.7 Å². The Labute approximate surface area is 140 Å². The number of halogens is 6. The highest BCUT2D eigenvalue weighted by atomic mass is 32.2. The fraction of sp³-hybridized carbons (Fsp3) is 0.200. The van der Waals surface area contributed by atoms with Crippen LogP contribution >= 0.6 is 0 Å². The minimum Gasteiger partial charge on any atom is -0.508 e. The number of phenols is 1. The first-order valence-electron chi connectivity index (χ1n) is 6.65. The van der Waals surface area contributed by atoms with Gasteiger partial charge in [-0.25, -0.2) is 4.21 Å². The first-order valence-corrected chi connectivity index (χ1v) is 7.80. The molecule has 0 saturated heterocycles. The summed E-state index contributed by atoms with van der Waals surface area (Å²) >= 11 is 0. The van der Waals surface area contributed by atoms with Crippen molar-refractivity contribution in [3.63, 3.8) is 0 Å². The second kappa shape index (κ2) is 6.58. The average molecular weight is 383 g/mol. The highest BCUT2D eigenvalue weighted by Gasteiger charge is 2.37. The number of hydrogen-bond donors (Lipinski definition) is 2. The molecule has 0 spiro atoms. The maximum atomic E-state index is 12.8. The maximum absolute atomic E-state index is 12.8. The Bertz CT molecular complexity index is 784. The highest BCUT2D eigenvalue weighted by molar-refractivity contribution is 7.86. The lowest BCUT2D eigenvalue weighted by Crippen LogP contribution is -2.13. The first kappa shape index (κ1) is 19.1. The van der Waals surface area contributed by atoms with E-state index in [0.717, 1.165) is 0 Å². The van der Waals surface area contributed by atoms with Crippen molar-refractivity contribution in [2.45, 2.75) is 24.2 Å². The molecule has 1 atom stereocenters. The molecule has 10 heteroatoms. The number of phenolic OH excluding ortho intramolecular Hbond substituents is 1. The van der Waals surface area contributed by atoms with Crippen LogP contribution in [0.4, 0.5) is 32.0 Å². The Balaban J connectivity index is 2.41. The number of aromatic hydroxyl groups is 1. The quantitative estimate of drug-likeness (QED) is 0.743. The summed E-state index contributed by atoms with van der Waals surface area (Å²) in [6.07, 6.45) is -9.98. The zero-order valence-corrected chi connectivity index (χ0v) is 13.3. The molecule has 136 valence electrons. The summed E-state index contributed by atoms with van der Waals surface area (Å²) in [6.45, 7) is 1.50. The van der Waals surface area contributed by atoms with Crippen LogP contribution in [0, 0.1) is 6.92 Å². The SMILES string of the molecule is Cc1cc(S(=O)Nc2cc(C(F)(F)F)cc(C(F)(F)F)c2)ccc1O. The van der Waals surface area contributed by atoms with Crippen LogP contribution in [0.2, 0.25) is 0 Å². The molecule has 3 nitrogen and oxygen atoms in total. The number of rotatable bonds is 3. The van der Waals surface area contributed by atoms with E-state index in [2.05, 4.69) is 4.72 Å². The molecule has 0 aliphatic carbocycles. The minimum atomic E-state index is -4.99. The van der Waals surface area contributed by atoms with Crippen LogP contribution in [0.15, 0.2) is 41.3 Å². The Morgan fingerprint density at radius 1 is 0.920 bits per heavy atom. The van der Waals surface area contributed by atoms with Crippen LogP contribution in [0.1, 0.15) is 16.7 Å². The van der Waals surface area contributed by atoms with Gasteiger partial charge in [0.1, 0.15) is 16.7 Å². The molecule has 0 saturated carbocycles. The lowest BCUT2D eigenvalue weighted by molar-refractivity contribution is -0.143. The normalized spacial score (nSPS) is 13.6. The third-order valence-corrected chi connectivity index (χ3v) is 4.28. The van der Waals surface area contributed by atoms with Gasteiger partial charge in [0.25, 0.3) is 0 Å². The molecule has 0 aliphatic heterocycles. The Morgan fingerprint density at radius 2 is 1.44 bits per heavy atom. The predicted octanol–water partition coefficient (Wildman–Crippen LogP) is 4.87. The average Bonchev–Trinajstić information content (AvgIpc) is 2.48. The third kappa shape index (κ3) is 4.65. The molecule has 0 aliphatic rings. The van der Waals surface area contributed by atoms with Gasteiger partial charge in [-0.05, 0) is 48.9 Å². The number of nitrogens with one attached hydrogen (secondary N) is 1. The van der Waals surface area contributed by atoms with Gasteiger partial charge in [0, 0.05) is 5.69 Å². The molecule has 0 radical (unpaired) electrons. The summed E-state index contributed by atoms with van der Waals surface area (Å²) in [5.74, 6) is -0.0841. The van der Waals surface area contributed by atoms with Gasteiger partial charge in [0.2, 0.25) is 0 Å². The lowest BCUT2D eigenvalue weighted by Gasteiger charge is -2.15. The van der Waals surface area contributed by atoms with Gasteiger partial charge in [0.05, 0.1) is 16.0 Å². The standard InChI is InChI=1S/C15H11F6NO2S/c1-8-4-12(2-3-13(8)23)25(24)22-11-6-9(14(16,17)18)5-10(7-11)15(19,20)21/h2-7,22-23H,1H3. The van der Waals surface area contributed by atoms with Crippen LogP contribution in [0.25, 0.3) is 0 Å². The van der Waals surface area contributed by atoms with Crippen LogP contribution in [-0.4, -0.2) is 9.32 Å². The molecule has 0 amide bonds. The lowest BCUT2D eigenvalue weighted by atomic mass is 10.1. The van der Waals surface area contributed by atoms with Crippen molar-refractivity contribution >= 4 is 16.7 Å². The number of aryl methyl sites for hydroxylation is 1. The summed E-state index contributed by atoms with van der Waals surface area (Å²) in [6, 6.07) is 4.64. The van der Waals surface area contributed by atoms with Crippen molar-refractivity contribution in [3.05, 3.63) is 53.1 Å². The fourth-order valence-corrected chi connectivity index (χ4v) is 2.85. The smallest absolute Gasteiger partial charge is 0.416 e. The van der Waals surface area contributed by atoms with Crippen LogP contribution in [0.3, 0.4) is 0 Å². The molecule has 2 aromatic rings. The summed E-state index contributed by atoms with van der Waals surface area (Å²) in [7, 11) is -2.12. The van der Waals surface area contributed by atoms with E-state index in [0.29, 0.717) is 17.7 Å². The summed E-state index contributed by atoms with van der Waals surface area (Å²) in [5.41, 5.74) is -3.26. The topological polar surface area (TPSA) is 49.3 Å². The van der Waals surface area contributed by atoms with E-state index in [1.165, 1.54) is 25.1 Å². The van der Waals surface area contributed by atoms with Crippen molar-refractivity contribution in [1.29, 1.82) is 0 Å². The van der Waals surface area contributed by atoms with Gasteiger partial charge < -0.3 is 9.83 Å². The summed E-state index contributed by atoms with van der Waals surface area (Å²) in [5, 5.41) is 9.40. The monoisotopic (exact) mass is 383 g/mol. The molecule has 0 bridgehead atoms. The zero-order chi connectivity index (χ0) is 19.0. The van der Waals surface area contributed by atoms with Gasteiger partial charge in [-0.2, -0.15) is 26.3 Å². The number of anilines is 1. The van der Waals surface area contributed by atoms with Crippen molar-refractivity contribution in [3.8, 4) is 5.75 Å². The Morgan fingerprint density at radius 3 is 1.88 bits per heavy atom. The highest BCUT2D eigenvalue weighted by Crippen LogP contribution is 2.37. The molecule has 2 N–H and O–H groups in total. The van der Waals surface area contributed by atoms with Crippen molar-refractivity contribution in [2.24, 2.45) is 0 Å². The van der Waals surface area contributed by atoms with Crippen LogP contribution in [0.5, 0.6) is 5.75 Å². The maximum Gasteiger partial charge on any atom is 0.416 e. The van der Waals surface area contributed by atoms with Gasteiger partial charge in [-0.15, -0.1) is 0 Å². The van der Waals surface area contributed by atoms with Gasteiger partial charge >= 0.3 is 12.4 Å². The van der Waals surface area contributed by atoms with Crippen LogP contribution in [-0.2, 0) is 23.3 Å². The van der Waals surface area contributed by atoms with Crippen molar-refractivity contribution in [2.75, 3.05) is 4.72 Å². The van der Waals surface area contributed by atoms with E-state index >= 15 is 0 Å². The van der Waals surface area contributed by atoms with E-state index in [4.69, 9.17) is 0 Å². The van der Waals surface area contributed by atoms with E-state index in [1.807, 2.05) is 0 Å². The Hall–Kier alpha value is -2.23. The zero-order valence-electron chi connectivity index (χ0n) is 12.5.